The molecule has 0 saturated carbocycles. The molecule has 0 unspecified atom stereocenters. The number of rotatable bonds is 3. The fourth-order valence-corrected chi connectivity index (χ4v) is 1.76. The van der Waals surface area contributed by atoms with Gasteiger partial charge in [-0.2, -0.15) is 0 Å². The van der Waals surface area contributed by atoms with E-state index >= 15 is 0 Å². The fourth-order valence-electron chi connectivity index (χ4n) is 1.76. The summed E-state index contributed by atoms with van der Waals surface area (Å²) in [5.41, 5.74) is 0.938. The summed E-state index contributed by atoms with van der Waals surface area (Å²) in [7, 11) is 0. The molecular weight excluding hydrogens is 224 g/mol. The molecule has 2 rings (SSSR count). The lowest BCUT2D eigenvalue weighted by Gasteiger charge is -2.35. The Morgan fingerprint density at radius 3 is 2.59 bits per heavy atom. The normalized spacial score (nSPS) is 33.6. The van der Waals surface area contributed by atoms with Crippen molar-refractivity contribution in [2.24, 2.45) is 0 Å². The molecule has 5 nitrogen and oxygen atoms in total. The van der Waals surface area contributed by atoms with E-state index in [9.17, 15) is 15.3 Å². The van der Waals surface area contributed by atoms with E-state index in [-0.39, 0.29) is 13.2 Å². The predicted molar refractivity (Wildman–Crippen MR) is 59.0 cm³/mol. The van der Waals surface area contributed by atoms with Crippen LogP contribution in [0.3, 0.4) is 0 Å². The zero-order chi connectivity index (χ0) is 12.3. The Hall–Kier alpha value is -0.980. The SMILES string of the molecule is O[C@H]1[C@@H](OCc2ccccc2)[C@@H](O)CO[C@H]1O. The Kier molecular flexibility index (Phi) is 4.09. The van der Waals surface area contributed by atoms with E-state index in [1.165, 1.54) is 0 Å². The van der Waals surface area contributed by atoms with Crippen LogP contribution >= 0.6 is 0 Å². The number of aliphatic hydroxyl groups is 3. The summed E-state index contributed by atoms with van der Waals surface area (Å²) >= 11 is 0. The molecular formula is C12H16O5. The lowest BCUT2D eigenvalue weighted by molar-refractivity contribution is -0.264. The van der Waals surface area contributed by atoms with Gasteiger partial charge in [0.05, 0.1) is 13.2 Å². The monoisotopic (exact) mass is 240 g/mol. The van der Waals surface area contributed by atoms with Crippen molar-refractivity contribution >= 4 is 0 Å². The summed E-state index contributed by atoms with van der Waals surface area (Å²) in [4.78, 5) is 0. The molecule has 0 radical (unpaired) electrons. The highest BCUT2D eigenvalue weighted by atomic mass is 16.6. The summed E-state index contributed by atoms with van der Waals surface area (Å²) in [6.45, 7) is 0.226. The minimum atomic E-state index is -1.31. The van der Waals surface area contributed by atoms with Crippen LogP contribution in [-0.4, -0.2) is 46.5 Å². The third kappa shape index (κ3) is 3.02. The molecule has 0 aromatic heterocycles. The van der Waals surface area contributed by atoms with Gasteiger partial charge in [0.1, 0.15) is 18.3 Å². The van der Waals surface area contributed by atoms with Gasteiger partial charge in [-0.3, -0.25) is 0 Å². The van der Waals surface area contributed by atoms with Gasteiger partial charge in [0.25, 0.3) is 0 Å². The van der Waals surface area contributed by atoms with Crippen molar-refractivity contribution in [3.8, 4) is 0 Å². The molecule has 1 fully saturated rings. The molecule has 1 aliphatic heterocycles. The van der Waals surface area contributed by atoms with Crippen LogP contribution < -0.4 is 0 Å². The first-order chi connectivity index (χ1) is 8.18. The molecule has 17 heavy (non-hydrogen) atoms. The zero-order valence-corrected chi connectivity index (χ0v) is 9.27. The van der Waals surface area contributed by atoms with Crippen LogP contribution in [0, 0.1) is 0 Å². The Balaban J connectivity index is 1.93. The second kappa shape index (κ2) is 5.57. The molecule has 1 saturated heterocycles. The van der Waals surface area contributed by atoms with Gasteiger partial charge in [-0.1, -0.05) is 30.3 Å². The standard InChI is InChI=1S/C12H16O5/c13-9-7-17-12(15)10(14)11(9)16-6-8-4-2-1-3-5-8/h1-5,9-15H,6-7H2/t9-,10-,11-,12+/m0/s1. The molecule has 4 atom stereocenters. The van der Waals surface area contributed by atoms with Crippen LogP contribution in [0.2, 0.25) is 0 Å². The second-order valence-corrected chi connectivity index (χ2v) is 4.04. The highest BCUT2D eigenvalue weighted by Gasteiger charge is 2.38. The van der Waals surface area contributed by atoms with Crippen LogP contribution in [0.1, 0.15) is 5.56 Å². The first kappa shape index (κ1) is 12.5. The average Bonchev–Trinajstić information content (AvgIpc) is 2.35. The van der Waals surface area contributed by atoms with Crippen molar-refractivity contribution in [3.05, 3.63) is 35.9 Å². The maximum absolute atomic E-state index is 9.63. The van der Waals surface area contributed by atoms with Crippen LogP contribution in [0.25, 0.3) is 0 Å². The third-order valence-electron chi connectivity index (χ3n) is 2.73. The van der Waals surface area contributed by atoms with Crippen molar-refractivity contribution in [1.29, 1.82) is 0 Å². The minimum Gasteiger partial charge on any atom is -0.388 e. The van der Waals surface area contributed by atoms with Crippen LogP contribution in [-0.2, 0) is 16.1 Å². The van der Waals surface area contributed by atoms with Gasteiger partial charge in [-0.15, -0.1) is 0 Å². The number of ether oxygens (including phenoxy) is 2. The summed E-state index contributed by atoms with van der Waals surface area (Å²) in [6.07, 6.45) is -4.31. The minimum absolute atomic E-state index is 0.0440. The van der Waals surface area contributed by atoms with Gasteiger partial charge >= 0.3 is 0 Å². The lowest BCUT2D eigenvalue weighted by atomic mass is 10.1. The molecule has 3 N–H and O–H groups in total. The van der Waals surface area contributed by atoms with E-state index < -0.39 is 24.6 Å². The molecule has 0 aliphatic carbocycles. The fraction of sp³-hybridized carbons (Fsp3) is 0.500. The van der Waals surface area contributed by atoms with Crippen molar-refractivity contribution in [2.75, 3.05) is 6.61 Å². The van der Waals surface area contributed by atoms with Crippen LogP contribution in [0.5, 0.6) is 0 Å². The predicted octanol–water partition coefficient (Wildman–Crippen LogP) is -0.358. The Morgan fingerprint density at radius 1 is 1.18 bits per heavy atom. The van der Waals surface area contributed by atoms with E-state index in [2.05, 4.69) is 0 Å². The summed E-state index contributed by atoms with van der Waals surface area (Å²) in [6, 6.07) is 9.42. The van der Waals surface area contributed by atoms with Crippen LogP contribution in [0.15, 0.2) is 30.3 Å². The maximum atomic E-state index is 9.63. The van der Waals surface area contributed by atoms with E-state index in [0.717, 1.165) is 5.56 Å². The number of benzene rings is 1. The molecule has 0 amide bonds. The smallest absolute Gasteiger partial charge is 0.183 e. The molecule has 0 bridgehead atoms. The van der Waals surface area contributed by atoms with Crippen molar-refractivity contribution < 1.29 is 24.8 Å². The Bertz CT molecular complexity index is 342. The molecule has 1 aromatic rings. The molecule has 94 valence electrons. The lowest BCUT2D eigenvalue weighted by Crippen LogP contribution is -2.53. The largest absolute Gasteiger partial charge is 0.388 e. The average molecular weight is 240 g/mol. The molecule has 1 heterocycles. The van der Waals surface area contributed by atoms with Crippen LogP contribution in [0.4, 0.5) is 0 Å². The van der Waals surface area contributed by atoms with Gasteiger partial charge in [-0.05, 0) is 5.56 Å². The summed E-state index contributed by atoms with van der Waals surface area (Å²) in [5, 5.41) is 28.5. The quantitative estimate of drug-likeness (QED) is 0.672. The number of aliphatic hydroxyl groups excluding tert-OH is 3. The number of hydrogen-bond donors (Lipinski definition) is 3. The molecule has 0 spiro atoms. The zero-order valence-electron chi connectivity index (χ0n) is 9.27. The summed E-state index contributed by atoms with van der Waals surface area (Å²) in [5.74, 6) is 0. The summed E-state index contributed by atoms with van der Waals surface area (Å²) < 4.78 is 10.2. The van der Waals surface area contributed by atoms with Crippen molar-refractivity contribution in [1.82, 2.24) is 0 Å². The van der Waals surface area contributed by atoms with E-state index in [0.29, 0.717) is 0 Å². The second-order valence-electron chi connectivity index (χ2n) is 4.04. The molecule has 5 heteroatoms. The Morgan fingerprint density at radius 2 is 1.88 bits per heavy atom. The third-order valence-corrected chi connectivity index (χ3v) is 2.73. The van der Waals surface area contributed by atoms with E-state index in [1.807, 2.05) is 30.3 Å². The van der Waals surface area contributed by atoms with Crippen molar-refractivity contribution in [2.45, 2.75) is 31.2 Å². The first-order valence-corrected chi connectivity index (χ1v) is 5.50. The van der Waals surface area contributed by atoms with Gasteiger partial charge in [0.15, 0.2) is 6.29 Å². The highest BCUT2D eigenvalue weighted by molar-refractivity contribution is 5.13. The Labute approximate surface area is 99.2 Å². The first-order valence-electron chi connectivity index (χ1n) is 5.50. The van der Waals surface area contributed by atoms with Gasteiger partial charge in [0.2, 0.25) is 0 Å². The van der Waals surface area contributed by atoms with E-state index in [4.69, 9.17) is 9.47 Å². The highest BCUT2D eigenvalue weighted by Crippen LogP contribution is 2.18. The number of hydrogen-bond acceptors (Lipinski definition) is 5. The van der Waals surface area contributed by atoms with Crippen molar-refractivity contribution in [3.63, 3.8) is 0 Å². The van der Waals surface area contributed by atoms with Gasteiger partial charge < -0.3 is 24.8 Å². The maximum Gasteiger partial charge on any atom is 0.183 e. The van der Waals surface area contributed by atoms with E-state index in [1.54, 1.807) is 0 Å². The molecule has 1 aliphatic rings. The topological polar surface area (TPSA) is 79.2 Å². The molecule has 1 aromatic carbocycles. The van der Waals surface area contributed by atoms with Gasteiger partial charge in [0, 0.05) is 0 Å². The van der Waals surface area contributed by atoms with Gasteiger partial charge in [-0.25, -0.2) is 0 Å².